The molecule has 11 nitrogen and oxygen atoms in total. The monoisotopic (exact) mass is 661 g/mol. The van der Waals surface area contributed by atoms with Gasteiger partial charge >= 0.3 is 0 Å². The van der Waals surface area contributed by atoms with Crippen LogP contribution in [0.1, 0.15) is 6.92 Å². The Morgan fingerprint density at radius 3 is 2.65 bits per heavy atom. The van der Waals surface area contributed by atoms with Crippen LogP contribution in [0.2, 0.25) is 0 Å². The molecule has 0 bridgehead atoms. The third kappa shape index (κ3) is 6.00. The highest BCUT2D eigenvalue weighted by molar-refractivity contribution is 9.10. The molecule has 43 heavy (non-hydrogen) atoms. The Kier molecular flexibility index (Phi) is 8.43. The second-order valence-electron chi connectivity index (χ2n) is 10.5. The summed E-state index contributed by atoms with van der Waals surface area (Å²) < 4.78 is 14.1. The summed E-state index contributed by atoms with van der Waals surface area (Å²) in [7, 11) is 3.10. The molecule has 0 spiro atoms. The van der Waals surface area contributed by atoms with Gasteiger partial charge < -0.3 is 25.0 Å². The highest BCUT2D eigenvalue weighted by Crippen LogP contribution is 2.41. The first-order valence-electron chi connectivity index (χ1n) is 13.9. The molecule has 0 aliphatic carbocycles. The fourth-order valence-corrected chi connectivity index (χ4v) is 6.79. The number of methoxy groups -OCH3 is 1. The van der Waals surface area contributed by atoms with Gasteiger partial charge in [0.05, 0.1) is 47.7 Å². The number of hydrogen-bond donors (Lipinski definition) is 2. The van der Waals surface area contributed by atoms with Crippen LogP contribution in [0.3, 0.4) is 0 Å². The summed E-state index contributed by atoms with van der Waals surface area (Å²) in [6.07, 6.45) is 9.07. The van der Waals surface area contributed by atoms with Crippen LogP contribution in [-0.4, -0.2) is 76.0 Å². The second kappa shape index (κ2) is 12.4. The van der Waals surface area contributed by atoms with Gasteiger partial charge in [-0.2, -0.15) is 10.1 Å². The molecule has 1 aliphatic heterocycles. The Morgan fingerprint density at radius 2 is 1.91 bits per heavy atom. The molecular weight excluding hydrogens is 629 g/mol. The van der Waals surface area contributed by atoms with Gasteiger partial charge in [0.2, 0.25) is 5.95 Å². The minimum Gasteiger partial charge on any atom is -0.494 e. The molecule has 6 rings (SSSR count). The SMILES string of the molecule is COc1cc(N2CCOCC2C)c(-c2cnn(C)c2)cc1Nc1ncc(Br)c(Nc2ccc3nccnc3c2P(C)C)n1. The van der Waals surface area contributed by atoms with Gasteiger partial charge in [0.15, 0.2) is 0 Å². The first-order chi connectivity index (χ1) is 20.8. The number of aromatic nitrogens is 6. The van der Waals surface area contributed by atoms with Crippen LogP contribution in [-0.2, 0) is 11.8 Å². The van der Waals surface area contributed by atoms with Gasteiger partial charge in [0.1, 0.15) is 11.6 Å². The van der Waals surface area contributed by atoms with Gasteiger partial charge in [0, 0.05) is 78.3 Å². The first-order valence-corrected chi connectivity index (χ1v) is 16.9. The van der Waals surface area contributed by atoms with Crippen LogP contribution < -0.4 is 25.6 Å². The van der Waals surface area contributed by atoms with E-state index in [1.165, 1.54) is 0 Å². The third-order valence-electron chi connectivity index (χ3n) is 7.32. The van der Waals surface area contributed by atoms with E-state index >= 15 is 0 Å². The number of nitrogens with zero attached hydrogens (tertiary/aromatic N) is 7. The van der Waals surface area contributed by atoms with Crippen molar-refractivity contribution in [3.8, 4) is 16.9 Å². The molecule has 0 saturated carbocycles. The van der Waals surface area contributed by atoms with Gasteiger partial charge in [-0.05, 0) is 54.4 Å². The van der Waals surface area contributed by atoms with Crippen LogP contribution in [0.15, 0.2) is 59.7 Å². The summed E-state index contributed by atoms with van der Waals surface area (Å²) in [5.74, 6) is 1.73. The van der Waals surface area contributed by atoms with Crippen molar-refractivity contribution in [1.82, 2.24) is 29.7 Å². The lowest BCUT2D eigenvalue weighted by Crippen LogP contribution is -2.44. The van der Waals surface area contributed by atoms with E-state index in [1.54, 1.807) is 30.4 Å². The zero-order valence-electron chi connectivity index (χ0n) is 24.7. The number of rotatable bonds is 8. The molecule has 1 unspecified atom stereocenters. The minimum absolute atomic E-state index is 0.217. The van der Waals surface area contributed by atoms with E-state index in [0.29, 0.717) is 30.7 Å². The molecule has 1 aliphatic rings. The molecule has 2 aromatic carbocycles. The van der Waals surface area contributed by atoms with Crippen LogP contribution in [0.5, 0.6) is 5.75 Å². The highest BCUT2D eigenvalue weighted by atomic mass is 79.9. The smallest absolute Gasteiger partial charge is 0.229 e. The fraction of sp³-hybridized carbons (Fsp3) is 0.300. The topological polar surface area (TPSA) is 115 Å². The average Bonchev–Trinajstić information content (AvgIpc) is 3.44. The van der Waals surface area contributed by atoms with Crippen molar-refractivity contribution >= 4 is 69.0 Å². The van der Waals surface area contributed by atoms with E-state index in [4.69, 9.17) is 14.5 Å². The molecule has 5 aromatic rings. The lowest BCUT2D eigenvalue weighted by molar-refractivity contribution is 0.0990. The molecular formula is C30H33BrN9O2P. The predicted octanol–water partition coefficient (Wildman–Crippen LogP) is 5.67. The standard InChI is InChI=1S/C30H33BrN9O2P/c1-18-17-42-11-10-40(18)25-13-26(41-3)24(12-20(25)19-14-35-39(2)16-19)37-30-34-15-21(31)29(38-30)36-23-7-6-22-27(28(23)43(4)5)33-9-8-32-22/h6-9,12-16,18H,10-11,17H2,1-5H3,(H2,34,36,37,38). The van der Waals surface area contributed by atoms with E-state index in [0.717, 1.165) is 55.5 Å². The maximum atomic E-state index is 5.88. The average molecular weight is 663 g/mol. The largest absolute Gasteiger partial charge is 0.494 e. The van der Waals surface area contributed by atoms with Crippen molar-refractivity contribution in [2.24, 2.45) is 7.05 Å². The number of benzene rings is 2. The van der Waals surface area contributed by atoms with Crippen molar-refractivity contribution in [2.75, 3.05) is 55.7 Å². The lowest BCUT2D eigenvalue weighted by Gasteiger charge is -2.36. The van der Waals surface area contributed by atoms with E-state index in [9.17, 15) is 0 Å². The molecule has 0 radical (unpaired) electrons. The second-order valence-corrected chi connectivity index (χ2v) is 13.6. The molecule has 2 N–H and O–H groups in total. The Hall–Kier alpha value is -3.86. The summed E-state index contributed by atoms with van der Waals surface area (Å²) in [6.45, 7) is 8.71. The van der Waals surface area contributed by atoms with E-state index in [-0.39, 0.29) is 6.04 Å². The molecule has 4 heterocycles. The van der Waals surface area contributed by atoms with E-state index in [1.807, 2.05) is 31.6 Å². The number of ether oxygens (including phenoxy) is 2. The van der Waals surface area contributed by atoms with Crippen LogP contribution in [0.4, 0.5) is 28.8 Å². The van der Waals surface area contributed by atoms with Gasteiger partial charge in [-0.25, -0.2) is 4.98 Å². The summed E-state index contributed by atoms with van der Waals surface area (Å²) in [6, 6.07) is 8.37. The number of anilines is 5. The van der Waals surface area contributed by atoms with Crippen LogP contribution in [0, 0.1) is 0 Å². The van der Waals surface area contributed by atoms with Gasteiger partial charge in [-0.3, -0.25) is 14.6 Å². The Morgan fingerprint density at radius 1 is 1.07 bits per heavy atom. The Bertz CT molecular complexity index is 1780. The summed E-state index contributed by atoms with van der Waals surface area (Å²) in [5.41, 5.74) is 6.55. The highest BCUT2D eigenvalue weighted by Gasteiger charge is 2.25. The number of morpholine rings is 1. The van der Waals surface area contributed by atoms with Crippen molar-refractivity contribution in [2.45, 2.75) is 13.0 Å². The molecule has 13 heteroatoms. The van der Waals surface area contributed by atoms with Gasteiger partial charge in [-0.15, -0.1) is 0 Å². The summed E-state index contributed by atoms with van der Waals surface area (Å²) in [5, 5.41) is 12.5. The number of aryl methyl sites for hydroxylation is 1. The third-order valence-corrected chi connectivity index (χ3v) is 9.24. The molecule has 0 amide bonds. The van der Waals surface area contributed by atoms with Crippen molar-refractivity contribution in [3.63, 3.8) is 0 Å². The van der Waals surface area contributed by atoms with Crippen molar-refractivity contribution < 1.29 is 9.47 Å². The maximum absolute atomic E-state index is 5.88. The van der Waals surface area contributed by atoms with Crippen LogP contribution >= 0.6 is 23.9 Å². The molecule has 222 valence electrons. The molecule has 1 atom stereocenters. The van der Waals surface area contributed by atoms with E-state index in [2.05, 4.69) is 83.9 Å². The van der Waals surface area contributed by atoms with E-state index < -0.39 is 7.92 Å². The molecule has 1 saturated heterocycles. The predicted molar refractivity (Wildman–Crippen MR) is 177 cm³/mol. The summed E-state index contributed by atoms with van der Waals surface area (Å²) >= 11 is 3.63. The number of halogens is 1. The first kappa shape index (κ1) is 29.2. The zero-order valence-corrected chi connectivity index (χ0v) is 27.1. The summed E-state index contributed by atoms with van der Waals surface area (Å²) in [4.78, 5) is 20.9. The lowest BCUT2D eigenvalue weighted by atomic mass is 10.0. The Balaban J connectivity index is 1.38. The molecule has 1 fully saturated rings. The quantitative estimate of drug-likeness (QED) is 0.202. The van der Waals surface area contributed by atoms with Crippen molar-refractivity contribution in [1.29, 1.82) is 0 Å². The zero-order chi connectivity index (χ0) is 30.1. The van der Waals surface area contributed by atoms with Crippen LogP contribution in [0.25, 0.3) is 22.2 Å². The maximum Gasteiger partial charge on any atom is 0.229 e. The Labute approximate surface area is 260 Å². The van der Waals surface area contributed by atoms with Crippen molar-refractivity contribution in [3.05, 3.63) is 59.7 Å². The van der Waals surface area contributed by atoms with Gasteiger partial charge in [-0.1, -0.05) is 7.92 Å². The number of nitrogens with one attached hydrogen (secondary N) is 2. The number of fused-ring (bicyclic) bond motifs is 1. The normalized spacial score (nSPS) is 15.2. The number of hydrogen-bond acceptors (Lipinski definition) is 10. The fourth-order valence-electron chi connectivity index (χ4n) is 5.29. The molecule has 3 aromatic heterocycles. The minimum atomic E-state index is -0.487. The van der Waals surface area contributed by atoms with Gasteiger partial charge in [0.25, 0.3) is 0 Å².